The number of hydrogen-bond donors (Lipinski definition) is 2. The summed E-state index contributed by atoms with van der Waals surface area (Å²) in [4.78, 5) is 14.4. The molecule has 1 aliphatic rings. The molecule has 0 saturated carbocycles. The first-order valence-corrected chi connectivity index (χ1v) is 8.11. The number of amides is 1. The lowest BCUT2D eigenvalue weighted by molar-refractivity contribution is -0.124. The molecule has 2 rings (SSSR count). The minimum absolute atomic E-state index is 0.0275. The fraction of sp³-hybridized carbons (Fsp3) is 0.588. The summed E-state index contributed by atoms with van der Waals surface area (Å²) in [5.41, 5.74) is 1.01. The van der Waals surface area contributed by atoms with Gasteiger partial charge in [-0.05, 0) is 24.7 Å². The minimum atomic E-state index is -0.249. The van der Waals surface area contributed by atoms with Crippen LogP contribution in [0.4, 0.5) is 4.39 Å². The van der Waals surface area contributed by atoms with Crippen molar-refractivity contribution in [2.45, 2.75) is 13.0 Å². The van der Waals surface area contributed by atoms with E-state index in [-0.39, 0.29) is 23.7 Å². The molecular formula is C17H26FN3O2. The third-order valence-electron chi connectivity index (χ3n) is 4.17. The van der Waals surface area contributed by atoms with Gasteiger partial charge >= 0.3 is 0 Å². The van der Waals surface area contributed by atoms with Crippen molar-refractivity contribution in [3.63, 3.8) is 0 Å². The van der Waals surface area contributed by atoms with E-state index in [1.807, 2.05) is 14.0 Å². The first kappa shape index (κ1) is 17.8. The summed E-state index contributed by atoms with van der Waals surface area (Å²) in [5.74, 6) is -0.306. The second-order valence-electron chi connectivity index (χ2n) is 5.92. The molecule has 1 fully saturated rings. The molecule has 1 heterocycles. The zero-order valence-corrected chi connectivity index (χ0v) is 13.8. The van der Waals surface area contributed by atoms with Gasteiger partial charge in [0.25, 0.3) is 0 Å². The molecule has 2 N–H and O–H groups in total. The van der Waals surface area contributed by atoms with Crippen molar-refractivity contribution >= 4 is 5.91 Å². The van der Waals surface area contributed by atoms with E-state index in [2.05, 4.69) is 15.5 Å². The molecule has 23 heavy (non-hydrogen) atoms. The van der Waals surface area contributed by atoms with E-state index in [0.717, 1.165) is 18.7 Å². The van der Waals surface area contributed by atoms with Crippen LogP contribution in [0.5, 0.6) is 0 Å². The molecule has 2 atom stereocenters. The highest BCUT2D eigenvalue weighted by Gasteiger charge is 2.24. The van der Waals surface area contributed by atoms with Gasteiger partial charge in [0, 0.05) is 32.1 Å². The van der Waals surface area contributed by atoms with Crippen LogP contribution in [-0.4, -0.2) is 57.2 Å². The van der Waals surface area contributed by atoms with E-state index in [0.29, 0.717) is 26.3 Å². The molecule has 5 nitrogen and oxygen atoms in total. The maximum Gasteiger partial charge on any atom is 0.224 e. The predicted molar refractivity (Wildman–Crippen MR) is 87.6 cm³/mol. The second kappa shape index (κ2) is 8.96. The molecule has 0 bridgehead atoms. The van der Waals surface area contributed by atoms with Gasteiger partial charge in [-0.3, -0.25) is 9.69 Å². The zero-order valence-electron chi connectivity index (χ0n) is 13.8. The van der Waals surface area contributed by atoms with Crippen molar-refractivity contribution < 1.29 is 13.9 Å². The Morgan fingerprint density at radius 3 is 2.52 bits per heavy atom. The molecule has 1 amide bonds. The molecule has 1 aromatic carbocycles. The smallest absolute Gasteiger partial charge is 0.224 e. The molecule has 0 spiro atoms. The van der Waals surface area contributed by atoms with E-state index in [1.54, 1.807) is 12.1 Å². The Morgan fingerprint density at radius 1 is 1.26 bits per heavy atom. The van der Waals surface area contributed by atoms with Crippen LogP contribution < -0.4 is 10.6 Å². The quantitative estimate of drug-likeness (QED) is 0.791. The molecule has 0 aliphatic carbocycles. The number of nitrogens with one attached hydrogen (secondary N) is 2. The van der Waals surface area contributed by atoms with Crippen molar-refractivity contribution in [2.75, 3.05) is 46.4 Å². The molecule has 1 saturated heterocycles. The normalized spacial score (nSPS) is 18.4. The van der Waals surface area contributed by atoms with Crippen molar-refractivity contribution in [1.29, 1.82) is 0 Å². The van der Waals surface area contributed by atoms with Crippen LogP contribution in [0.1, 0.15) is 18.5 Å². The standard InChI is InChI=1S/C17H26FN3O2/c1-13(11-19-2)17(22)20-12-16(21-7-9-23-10-8-21)14-3-5-15(18)6-4-14/h3-6,13,16,19H,7-12H2,1-2H3,(H,20,22). The maximum absolute atomic E-state index is 13.2. The summed E-state index contributed by atoms with van der Waals surface area (Å²) in [6.07, 6.45) is 0. The Labute approximate surface area is 137 Å². The third kappa shape index (κ3) is 5.27. The zero-order chi connectivity index (χ0) is 16.7. The Morgan fingerprint density at radius 2 is 1.91 bits per heavy atom. The van der Waals surface area contributed by atoms with E-state index in [1.165, 1.54) is 12.1 Å². The summed E-state index contributed by atoms with van der Waals surface area (Å²) in [6.45, 7) is 6.04. The first-order chi connectivity index (χ1) is 11.1. The highest BCUT2D eigenvalue weighted by atomic mass is 19.1. The Hall–Kier alpha value is -1.50. The van der Waals surface area contributed by atoms with Crippen LogP contribution in [0.25, 0.3) is 0 Å². The number of benzene rings is 1. The molecular weight excluding hydrogens is 297 g/mol. The lowest BCUT2D eigenvalue weighted by atomic mass is 10.0. The van der Waals surface area contributed by atoms with E-state index in [4.69, 9.17) is 4.74 Å². The number of ether oxygens (including phenoxy) is 1. The van der Waals surface area contributed by atoms with Crippen molar-refractivity contribution in [3.8, 4) is 0 Å². The summed E-state index contributed by atoms with van der Waals surface area (Å²) in [7, 11) is 1.83. The van der Waals surface area contributed by atoms with Gasteiger partial charge in [-0.2, -0.15) is 0 Å². The largest absolute Gasteiger partial charge is 0.379 e. The Balaban J connectivity index is 2.04. The fourth-order valence-corrected chi connectivity index (χ4v) is 2.80. The average molecular weight is 323 g/mol. The average Bonchev–Trinajstić information content (AvgIpc) is 2.57. The highest BCUT2D eigenvalue weighted by Crippen LogP contribution is 2.21. The van der Waals surface area contributed by atoms with Gasteiger partial charge in [0.15, 0.2) is 0 Å². The molecule has 2 unspecified atom stereocenters. The van der Waals surface area contributed by atoms with Gasteiger partial charge in [0.1, 0.15) is 5.82 Å². The van der Waals surface area contributed by atoms with Gasteiger partial charge < -0.3 is 15.4 Å². The van der Waals surface area contributed by atoms with Gasteiger partial charge in [-0.25, -0.2) is 4.39 Å². The lowest BCUT2D eigenvalue weighted by Crippen LogP contribution is -2.45. The number of hydrogen-bond acceptors (Lipinski definition) is 4. The van der Waals surface area contributed by atoms with Crippen molar-refractivity contribution in [2.24, 2.45) is 5.92 Å². The fourth-order valence-electron chi connectivity index (χ4n) is 2.80. The van der Waals surface area contributed by atoms with Crippen LogP contribution >= 0.6 is 0 Å². The third-order valence-corrected chi connectivity index (χ3v) is 4.17. The van der Waals surface area contributed by atoms with Gasteiger partial charge in [-0.1, -0.05) is 19.1 Å². The van der Waals surface area contributed by atoms with E-state index >= 15 is 0 Å². The van der Waals surface area contributed by atoms with E-state index < -0.39 is 0 Å². The molecule has 1 aromatic rings. The molecule has 6 heteroatoms. The summed E-state index contributed by atoms with van der Waals surface area (Å²) in [5, 5.41) is 6.03. The van der Waals surface area contributed by atoms with Gasteiger partial charge in [0.2, 0.25) is 5.91 Å². The number of nitrogens with zero attached hydrogens (tertiary/aromatic N) is 1. The van der Waals surface area contributed by atoms with Crippen molar-refractivity contribution in [1.82, 2.24) is 15.5 Å². The highest BCUT2D eigenvalue weighted by molar-refractivity contribution is 5.78. The second-order valence-corrected chi connectivity index (χ2v) is 5.92. The van der Waals surface area contributed by atoms with Crippen LogP contribution in [0.3, 0.4) is 0 Å². The van der Waals surface area contributed by atoms with Gasteiger partial charge in [-0.15, -0.1) is 0 Å². The minimum Gasteiger partial charge on any atom is -0.379 e. The molecule has 0 radical (unpaired) electrons. The first-order valence-electron chi connectivity index (χ1n) is 8.11. The topological polar surface area (TPSA) is 53.6 Å². The molecule has 128 valence electrons. The lowest BCUT2D eigenvalue weighted by Gasteiger charge is -2.35. The van der Waals surface area contributed by atoms with Crippen LogP contribution in [0.15, 0.2) is 24.3 Å². The predicted octanol–water partition coefficient (Wildman–Crippen LogP) is 1.17. The Kier molecular flexibility index (Phi) is 6.95. The summed E-state index contributed by atoms with van der Waals surface area (Å²) >= 11 is 0. The summed E-state index contributed by atoms with van der Waals surface area (Å²) < 4.78 is 18.6. The number of rotatable bonds is 7. The monoisotopic (exact) mass is 323 g/mol. The van der Waals surface area contributed by atoms with Crippen LogP contribution in [0.2, 0.25) is 0 Å². The van der Waals surface area contributed by atoms with Crippen molar-refractivity contribution in [3.05, 3.63) is 35.6 Å². The maximum atomic E-state index is 13.2. The van der Waals surface area contributed by atoms with Gasteiger partial charge in [0.05, 0.1) is 19.3 Å². The number of carbonyl (C=O) groups is 1. The number of halogens is 1. The molecule has 0 aromatic heterocycles. The molecule has 1 aliphatic heterocycles. The summed E-state index contributed by atoms with van der Waals surface area (Å²) in [6, 6.07) is 6.55. The van der Waals surface area contributed by atoms with E-state index in [9.17, 15) is 9.18 Å². The van der Waals surface area contributed by atoms with Crippen LogP contribution in [0, 0.1) is 11.7 Å². The SMILES string of the molecule is CNCC(C)C(=O)NCC(c1ccc(F)cc1)N1CCOCC1. The Bertz CT molecular complexity index is 489. The number of carbonyl (C=O) groups excluding carboxylic acids is 1. The number of morpholine rings is 1. The van der Waals surface area contributed by atoms with Crippen LogP contribution in [-0.2, 0) is 9.53 Å².